The monoisotopic (exact) mass is 506 g/mol. The molecule has 8 heteroatoms. The van der Waals surface area contributed by atoms with Crippen LogP contribution in [0.5, 0.6) is 5.75 Å². The van der Waals surface area contributed by atoms with Crippen molar-refractivity contribution in [2.24, 2.45) is 0 Å². The van der Waals surface area contributed by atoms with Gasteiger partial charge in [-0.15, -0.1) is 0 Å². The van der Waals surface area contributed by atoms with Crippen LogP contribution in [0.2, 0.25) is 0 Å². The molecule has 7 nitrogen and oxygen atoms in total. The van der Waals surface area contributed by atoms with Crippen molar-refractivity contribution in [1.29, 1.82) is 0 Å². The van der Waals surface area contributed by atoms with E-state index in [4.69, 9.17) is 9.47 Å². The minimum absolute atomic E-state index is 0.278. The summed E-state index contributed by atoms with van der Waals surface area (Å²) < 4.78 is 29.7. The van der Waals surface area contributed by atoms with Gasteiger partial charge < -0.3 is 18.8 Å². The van der Waals surface area contributed by atoms with E-state index in [1.54, 1.807) is 87.5 Å². The molecule has 0 amide bonds. The van der Waals surface area contributed by atoms with E-state index in [1.165, 1.54) is 0 Å². The molecule has 0 aliphatic carbocycles. The van der Waals surface area contributed by atoms with Crippen molar-refractivity contribution in [3.8, 4) is 5.75 Å². The summed E-state index contributed by atoms with van der Waals surface area (Å²) in [5.74, 6) is -1.17. The molecule has 3 aromatic rings. The van der Waals surface area contributed by atoms with Crippen LogP contribution in [0.15, 0.2) is 79.4 Å². The van der Waals surface area contributed by atoms with Gasteiger partial charge in [-0.3, -0.25) is 4.79 Å². The SMILES string of the molecule is C=CC(=O)OCOC(=O)COc1c(C)cc(C)c(C(=O)P(=O)(c2ccccc2)c2ccccc2)c1C. The van der Waals surface area contributed by atoms with Crippen LogP contribution in [0.3, 0.4) is 0 Å². The Morgan fingerprint density at radius 1 is 0.861 bits per heavy atom. The Hall–Kier alpha value is -3.96. The molecule has 0 radical (unpaired) electrons. The lowest BCUT2D eigenvalue weighted by molar-refractivity contribution is -0.165. The first-order chi connectivity index (χ1) is 17.2. The Morgan fingerprint density at radius 2 is 1.42 bits per heavy atom. The molecule has 0 spiro atoms. The predicted octanol–water partition coefficient (Wildman–Crippen LogP) is 4.37. The number of carbonyl (C=O) groups excluding carboxylic acids is 3. The van der Waals surface area contributed by atoms with Crippen LogP contribution in [-0.2, 0) is 23.6 Å². The van der Waals surface area contributed by atoms with E-state index in [0.717, 1.165) is 6.08 Å². The number of rotatable bonds is 10. The maximum Gasteiger partial charge on any atom is 0.347 e. The normalized spacial score (nSPS) is 10.9. The Bertz CT molecular complexity index is 1290. The van der Waals surface area contributed by atoms with Gasteiger partial charge in [0.1, 0.15) is 5.75 Å². The van der Waals surface area contributed by atoms with Gasteiger partial charge in [0.2, 0.25) is 19.5 Å². The maximum atomic E-state index is 14.6. The van der Waals surface area contributed by atoms with Crippen molar-refractivity contribution in [1.82, 2.24) is 0 Å². The zero-order chi connectivity index (χ0) is 26.3. The number of ether oxygens (including phenoxy) is 3. The molecule has 0 aliphatic heterocycles. The van der Waals surface area contributed by atoms with Crippen LogP contribution >= 0.6 is 7.14 Å². The summed E-state index contributed by atoms with van der Waals surface area (Å²) in [6, 6.07) is 19.1. The highest BCUT2D eigenvalue weighted by Crippen LogP contribution is 2.49. The van der Waals surface area contributed by atoms with Crippen molar-refractivity contribution < 1.29 is 33.2 Å². The molecule has 0 aliphatic rings. The van der Waals surface area contributed by atoms with Crippen LogP contribution in [-0.4, -0.2) is 30.9 Å². The molecule has 0 unspecified atom stereocenters. The fraction of sp³-hybridized carbons (Fsp3) is 0.179. The molecule has 186 valence electrons. The maximum absolute atomic E-state index is 14.6. The van der Waals surface area contributed by atoms with Gasteiger partial charge in [-0.1, -0.05) is 73.3 Å². The fourth-order valence-electron chi connectivity index (χ4n) is 3.92. The van der Waals surface area contributed by atoms with E-state index in [0.29, 0.717) is 33.0 Å². The van der Waals surface area contributed by atoms with E-state index in [2.05, 4.69) is 11.3 Å². The quantitative estimate of drug-likeness (QED) is 0.174. The average Bonchev–Trinajstić information content (AvgIpc) is 2.88. The molecule has 0 aromatic heterocycles. The number of carbonyl (C=O) groups is 3. The smallest absolute Gasteiger partial charge is 0.347 e. The van der Waals surface area contributed by atoms with Crippen LogP contribution in [0.25, 0.3) is 0 Å². The minimum Gasteiger partial charge on any atom is -0.481 e. The predicted molar refractivity (Wildman–Crippen MR) is 137 cm³/mol. The lowest BCUT2D eigenvalue weighted by Crippen LogP contribution is -2.24. The Balaban J connectivity index is 1.96. The highest BCUT2D eigenvalue weighted by Gasteiger charge is 2.38. The topological polar surface area (TPSA) is 96.0 Å². The number of esters is 2. The standard InChI is InChI=1S/C28H27O7P/c1-5-24(29)34-18-35-25(30)17-33-27-20(3)16-19(2)26(21(27)4)28(31)36(32,22-12-8-6-9-13-22)23-14-10-7-11-15-23/h5-16H,1,17-18H2,2-4H3. The van der Waals surface area contributed by atoms with E-state index in [-0.39, 0.29) is 5.56 Å². The number of aryl methyl sites for hydroxylation is 2. The third kappa shape index (κ3) is 5.64. The average molecular weight is 506 g/mol. The molecule has 0 fully saturated rings. The molecular formula is C28H27O7P. The van der Waals surface area contributed by atoms with Crippen molar-refractivity contribution in [2.45, 2.75) is 20.8 Å². The molecule has 0 saturated heterocycles. The van der Waals surface area contributed by atoms with Crippen LogP contribution in [0, 0.1) is 20.8 Å². The van der Waals surface area contributed by atoms with Crippen molar-refractivity contribution in [3.05, 3.63) is 102 Å². The van der Waals surface area contributed by atoms with Gasteiger partial charge in [0.15, 0.2) is 6.61 Å². The van der Waals surface area contributed by atoms with E-state index >= 15 is 0 Å². The van der Waals surface area contributed by atoms with Gasteiger partial charge in [0.25, 0.3) is 0 Å². The van der Waals surface area contributed by atoms with E-state index in [9.17, 15) is 18.9 Å². The van der Waals surface area contributed by atoms with Crippen molar-refractivity contribution in [3.63, 3.8) is 0 Å². The van der Waals surface area contributed by atoms with Gasteiger partial charge in [0, 0.05) is 27.8 Å². The molecule has 0 heterocycles. The summed E-state index contributed by atoms with van der Waals surface area (Å²) in [7, 11) is -3.73. The second-order valence-electron chi connectivity index (χ2n) is 8.02. The molecular weight excluding hydrogens is 479 g/mol. The van der Waals surface area contributed by atoms with Crippen LogP contribution in [0.1, 0.15) is 27.0 Å². The zero-order valence-corrected chi connectivity index (χ0v) is 21.2. The van der Waals surface area contributed by atoms with E-state index < -0.39 is 38.0 Å². The molecule has 0 bridgehead atoms. The number of benzene rings is 3. The van der Waals surface area contributed by atoms with Gasteiger partial charge in [-0.05, 0) is 31.9 Å². The molecule has 36 heavy (non-hydrogen) atoms. The molecule has 0 atom stereocenters. The third-order valence-corrected chi connectivity index (χ3v) is 8.41. The van der Waals surface area contributed by atoms with Crippen LogP contribution in [0.4, 0.5) is 0 Å². The van der Waals surface area contributed by atoms with Crippen molar-refractivity contribution in [2.75, 3.05) is 13.4 Å². The summed E-state index contributed by atoms with van der Waals surface area (Å²) in [6.45, 7) is 7.47. The van der Waals surface area contributed by atoms with Gasteiger partial charge in [-0.25, -0.2) is 9.59 Å². The van der Waals surface area contributed by atoms with E-state index in [1.807, 2.05) is 0 Å². The molecule has 0 N–H and O–H groups in total. The number of hydrogen-bond acceptors (Lipinski definition) is 7. The summed E-state index contributed by atoms with van der Waals surface area (Å²) in [6.07, 6.45) is 0.950. The summed E-state index contributed by atoms with van der Waals surface area (Å²) in [5, 5.41) is 0.862. The second kappa shape index (κ2) is 11.6. The van der Waals surface area contributed by atoms with Crippen molar-refractivity contribution >= 4 is 35.2 Å². The second-order valence-corrected chi connectivity index (χ2v) is 10.7. The summed E-state index contributed by atoms with van der Waals surface area (Å²) >= 11 is 0. The van der Waals surface area contributed by atoms with Gasteiger partial charge in [-0.2, -0.15) is 0 Å². The molecule has 0 saturated carbocycles. The highest BCUT2D eigenvalue weighted by atomic mass is 31.2. The largest absolute Gasteiger partial charge is 0.481 e. The Labute approximate surface area is 210 Å². The Morgan fingerprint density at radius 3 is 1.94 bits per heavy atom. The fourth-order valence-corrected chi connectivity index (χ4v) is 6.53. The number of hydrogen-bond donors (Lipinski definition) is 0. The van der Waals surface area contributed by atoms with Gasteiger partial charge in [0.05, 0.1) is 0 Å². The lowest BCUT2D eigenvalue weighted by Gasteiger charge is -2.22. The van der Waals surface area contributed by atoms with Gasteiger partial charge >= 0.3 is 11.9 Å². The Kier molecular flexibility index (Phi) is 8.62. The zero-order valence-electron chi connectivity index (χ0n) is 20.4. The summed E-state index contributed by atoms with van der Waals surface area (Å²) in [5.41, 5.74) is 1.57. The first-order valence-electron chi connectivity index (χ1n) is 11.1. The van der Waals surface area contributed by atoms with Crippen LogP contribution < -0.4 is 15.3 Å². The highest BCUT2D eigenvalue weighted by molar-refractivity contribution is 7.93. The molecule has 3 aromatic carbocycles. The third-order valence-electron chi connectivity index (χ3n) is 5.56. The molecule has 3 rings (SSSR count). The lowest BCUT2D eigenvalue weighted by atomic mass is 9.99. The first-order valence-corrected chi connectivity index (χ1v) is 12.9. The first kappa shape index (κ1) is 26.6. The minimum atomic E-state index is -3.73. The summed E-state index contributed by atoms with van der Waals surface area (Å²) in [4.78, 5) is 37.2.